The van der Waals surface area contributed by atoms with Gasteiger partial charge in [0.2, 0.25) is 0 Å². The Balaban J connectivity index is 2.15. The van der Waals surface area contributed by atoms with E-state index in [0.29, 0.717) is 12.3 Å². The Labute approximate surface area is 151 Å². The molecular formula is C21H30N2O2. The Kier molecular flexibility index (Phi) is 6.57. The molecule has 1 aromatic carbocycles. The number of ether oxygens (including phenoxy) is 1. The molecule has 25 heavy (non-hydrogen) atoms. The average molecular weight is 342 g/mol. The molecule has 0 aliphatic carbocycles. The zero-order valence-corrected chi connectivity index (χ0v) is 15.7. The number of benzene rings is 1. The zero-order chi connectivity index (χ0) is 18.4. The van der Waals surface area contributed by atoms with E-state index in [1.807, 2.05) is 30.5 Å². The highest BCUT2D eigenvalue weighted by atomic mass is 16.5. The number of hydrogen-bond acceptors (Lipinski definition) is 4. The highest BCUT2D eigenvalue weighted by Crippen LogP contribution is 2.25. The lowest BCUT2D eigenvalue weighted by atomic mass is 9.86. The fourth-order valence-electron chi connectivity index (χ4n) is 3.00. The first-order chi connectivity index (χ1) is 11.8. The SMILES string of the molecule is COc1cc(CC(C)(O)[C@@H](N)CC(C)C)ncc1Cc1ccccc1. The second-order valence-corrected chi connectivity index (χ2v) is 7.42. The molecule has 4 heteroatoms. The van der Waals surface area contributed by atoms with E-state index in [9.17, 15) is 5.11 Å². The minimum atomic E-state index is -0.997. The summed E-state index contributed by atoms with van der Waals surface area (Å²) in [6, 6.07) is 11.9. The molecule has 136 valence electrons. The average Bonchev–Trinajstić information content (AvgIpc) is 2.56. The molecule has 1 heterocycles. The molecule has 0 fully saturated rings. The maximum absolute atomic E-state index is 10.7. The summed E-state index contributed by atoms with van der Waals surface area (Å²) in [6.45, 7) is 6.00. The van der Waals surface area contributed by atoms with Gasteiger partial charge in [-0.2, -0.15) is 0 Å². The predicted octanol–water partition coefficient (Wildman–Crippen LogP) is 3.35. The van der Waals surface area contributed by atoms with Gasteiger partial charge in [-0.05, 0) is 24.8 Å². The first-order valence-corrected chi connectivity index (χ1v) is 8.85. The van der Waals surface area contributed by atoms with Gasteiger partial charge in [0.15, 0.2) is 0 Å². The summed E-state index contributed by atoms with van der Waals surface area (Å²) >= 11 is 0. The van der Waals surface area contributed by atoms with Crippen LogP contribution < -0.4 is 10.5 Å². The van der Waals surface area contributed by atoms with E-state index >= 15 is 0 Å². The number of nitrogens with two attached hydrogens (primary N) is 1. The minimum Gasteiger partial charge on any atom is -0.496 e. The summed E-state index contributed by atoms with van der Waals surface area (Å²) in [5.74, 6) is 1.24. The molecule has 0 spiro atoms. The summed E-state index contributed by atoms with van der Waals surface area (Å²) in [5, 5.41) is 10.7. The van der Waals surface area contributed by atoms with Crippen molar-refractivity contribution in [3.05, 3.63) is 59.4 Å². The van der Waals surface area contributed by atoms with Crippen LogP contribution in [-0.2, 0) is 12.8 Å². The van der Waals surface area contributed by atoms with Crippen molar-refractivity contribution in [2.24, 2.45) is 11.7 Å². The van der Waals surface area contributed by atoms with E-state index in [-0.39, 0.29) is 6.04 Å². The number of nitrogens with zero attached hydrogens (tertiary/aromatic N) is 1. The third kappa shape index (κ3) is 5.55. The molecule has 2 atom stereocenters. The van der Waals surface area contributed by atoms with Gasteiger partial charge >= 0.3 is 0 Å². The largest absolute Gasteiger partial charge is 0.496 e. The fourth-order valence-corrected chi connectivity index (χ4v) is 3.00. The Morgan fingerprint density at radius 3 is 2.52 bits per heavy atom. The second-order valence-electron chi connectivity index (χ2n) is 7.42. The Morgan fingerprint density at radius 2 is 1.92 bits per heavy atom. The minimum absolute atomic E-state index is 0.288. The van der Waals surface area contributed by atoms with Crippen LogP contribution in [0.1, 0.15) is 44.0 Å². The van der Waals surface area contributed by atoms with E-state index in [1.165, 1.54) is 5.56 Å². The molecule has 0 saturated heterocycles. The zero-order valence-electron chi connectivity index (χ0n) is 15.7. The van der Waals surface area contributed by atoms with Crippen molar-refractivity contribution < 1.29 is 9.84 Å². The summed E-state index contributed by atoms with van der Waals surface area (Å²) in [7, 11) is 1.66. The second kappa shape index (κ2) is 8.45. The van der Waals surface area contributed by atoms with Gasteiger partial charge in [0.25, 0.3) is 0 Å². The maximum Gasteiger partial charge on any atom is 0.125 e. The van der Waals surface area contributed by atoms with Gasteiger partial charge in [0.1, 0.15) is 5.75 Å². The lowest BCUT2D eigenvalue weighted by Crippen LogP contribution is -2.48. The predicted molar refractivity (Wildman–Crippen MR) is 102 cm³/mol. The van der Waals surface area contributed by atoms with Gasteiger partial charge in [0, 0.05) is 42.4 Å². The maximum atomic E-state index is 10.7. The molecule has 3 N–H and O–H groups in total. The third-order valence-electron chi connectivity index (χ3n) is 4.52. The highest BCUT2D eigenvalue weighted by molar-refractivity contribution is 5.37. The van der Waals surface area contributed by atoms with E-state index in [2.05, 4.69) is 31.0 Å². The van der Waals surface area contributed by atoms with Crippen LogP contribution in [0.15, 0.2) is 42.6 Å². The van der Waals surface area contributed by atoms with Crippen molar-refractivity contribution >= 4 is 0 Å². The van der Waals surface area contributed by atoms with Crippen molar-refractivity contribution in [1.29, 1.82) is 0 Å². The highest BCUT2D eigenvalue weighted by Gasteiger charge is 2.30. The van der Waals surface area contributed by atoms with Crippen LogP contribution >= 0.6 is 0 Å². The topological polar surface area (TPSA) is 68.4 Å². The molecule has 2 aromatic rings. The van der Waals surface area contributed by atoms with Crippen LogP contribution in [0.3, 0.4) is 0 Å². The molecular weight excluding hydrogens is 312 g/mol. The third-order valence-corrected chi connectivity index (χ3v) is 4.52. The monoisotopic (exact) mass is 342 g/mol. The number of rotatable bonds is 8. The van der Waals surface area contributed by atoms with Gasteiger partial charge in [-0.1, -0.05) is 44.2 Å². The van der Waals surface area contributed by atoms with Crippen LogP contribution in [-0.4, -0.2) is 28.8 Å². The smallest absolute Gasteiger partial charge is 0.125 e. The molecule has 0 aliphatic heterocycles. The molecule has 0 amide bonds. The van der Waals surface area contributed by atoms with E-state index in [1.54, 1.807) is 14.0 Å². The van der Waals surface area contributed by atoms with Crippen molar-refractivity contribution in [3.8, 4) is 5.75 Å². The van der Waals surface area contributed by atoms with Crippen molar-refractivity contribution in [1.82, 2.24) is 4.98 Å². The Morgan fingerprint density at radius 1 is 1.24 bits per heavy atom. The van der Waals surface area contributed by atoms with Crippen LogP contribution in [0.2, 0.25) is 0 Å². The van der Waals surface area contributed by atoms with Crippen molar-refractivity contribution in [2.45, 2.75) is 51.7 Å². The molecule has 1 aromatic heterocycles. The summed E-state index contributed by atoms with van der Waals surface area (Å²) < 4.78 is 5.54. The molecule has 0 saturated carbocycles. The van der Waals surface area contributed by atoms with Crippen molar-refractivity contribution in [2.75, 3.05) is 7.11 Å². The normalized spacial score (nSPS) is 15.0. The van der Waals surface area contributed by atoms with Gasteiger partial charge in [0.05, 0.1) is 12.7 Å². The Bertz CT molecular complexity index is 669. The van der Waals surface area contributed by atoms with Gasteiger partial charge < -0.3 is 15.6 Å². The quantitative estimate of drug-likeness (QED) is 0.772. The van der Waals surface area contributed by atoms with Gasteiger partial charge in [-0.15, -0.1) is 0 Å². The summed E-state index contributed by atoms with van der Waals surface area (Å²) in [4.78, 5) is 4.53. The van der Waals surface area contributed by atoms with E-state index in [0.717, 1.165) is 29.8 Å². The van der Waals surface area contributed by atoms with Gasteiger partial charge in [-0.25, -0.2) is 0 Å². The van der Waals surface area contributed by atoms with Crippen LogP contribution in [0.4, 0.5) is 0 Å². The molecule has 0 aliphatic rings. The van der Waals surface area contributed by atoms with E-state index in [4.69, 9.17) is 10.5 Å². The number of aliphatic hydroxyl groups is 1. The number of pyridine rings is 1. The first kappa shape index (κ1) is 19.4. The molecule has 0 bridgehead atoms. The van der Waals surface area contributed by atoms with Crippen molar-refractivity contribution in [3.63, 3.8) is 0 Å². The first-order valence-electron chi connectivity index (χ1n) is 8.85. The van der Waals surface area contributed by atoms with Gasteiger partial charge in [-0.3, -0.25) is 4.98 Å². The lowest BCUT2D eigenvalue weighted by molar-refractivity contribution is 0.0254. The number of aromatic nitrogens is 1. The molecule has 2 rings (SSSR count). The standard InChI is InChI=1S/C21H30N2O2/c1-15(2)10-20(22)21(3,24)13-18-12-19(25-4)17(14-23-18)11-16-8-6-5-7-9-16/h5-9,12,14-15,20,24H,10-11,13,22H2,1-4H3/t20-,21?/m0/s1. The number of methoxy groups -OCH3 is 1. The Hall–Kier alpha value is -1.91. The molecule has 4 nitrogen and oxygen atoms in total. The summed E-state index contributed by atoms with van der Waals surface area (Å²) in [6.07, 6.45) is 3.78. The summed E-state index contributed by atoms with van der Waals surface area (Å²) in [5.41, 5.74) is 8.23. The van der Waals surface area contributed by atoms with Crippen LogP contribution in [0.5, 0.6) is 5.75 Å². The number of hydrogen-bond donors (Lipinski definition) is 2. The molecule has 1 unspecified atom stereocenters. The fraction of sp³-hybridized carbons (Fsp3) is 0.476. The lowest BCUT2D eigenvalue weighted by Gasteiger charge is -2.31. The van der Waals surface area contributed by atoms with Crippen LogP contribution in [0, 0.1) is 5.92 Å². The van der Waals surface area contributed by atoms with E-state index < -0.39 is 5.60 Å². The van der Waals surface area contributed by atoms with Crippen LogP contribution in [0.25, 0.3) is 0 Å². The molecule has 0 radical (unpaired) electrons.